The van der Waals surface area contributed by atoms with E-state index < -0.39 is 0 Å². The molecule has 16 heavy (non-hydrogen) atoms. The lowest BCUT2D eigenvalue weighted by Crippen LogP contribution is -2.14. The van der Waals surface area contributed by atoms with E-state index in [4.69, 9.17) is 11.6 Å². The van der Waals surface area contributed by atoms with Crippen LogP contribution in [0.25, 0.3) is 10.6 Å². The van der Waals surface area contributed by atoms with Crippen LogP contribution in [0.1, 0.15) is 17.8 Å². The Morgan fingerprint density at radius 2 is 2.31 bits per heavy atom. The third-order valence-corrected chi connectivity index (χ3v) is 4.61. The number of halogens is 1. The minimum absolute atomic E-state index is 0.458. The molecule has 0 aliphatic heterocycles. The van der Waals surface area contributed by atoms with Crippen LogP contribution in [0.15, 0.2) is 17.5 Å². The van der Waals surface area contributed by atoms with Gasteiger partial charge in [0.2, 0.25) is 0 Å². The van der Waals surface area contributed by atoms with Crippen LogP contribution in [-0.4, -0.2) is 18.6 Å². The van der Waals surface area contributed by atoms with Gasteiger partial charge in [-0.1, -0.05) is 18.5 Å². The molecular formula is C11H13ClN2S2. The molecule has 0 aliphatic rings. The smallest absolute Gasteiger partial charge is 0.0973 e. The number of hydrogen-bond donors (Lipinski definition) is 1. The first kappa shape index (κ1) is 12.0. The zero-order valence-corrected chi connectivity index (χ0v) is 11.5. The number of thiophene rings is 1. The van der Waals surface area contributed by atoms with Gasteiger partial charge >= 0.3 is 0 Å². The van der Waals surface area contributed by atoms with E-state index >= 15 is 0 Å². The highest BCUT2D eigenvalue weighted by Gasteiger charge is 2.11. The van der Waals surface area contributed by atoms with E-state index in [-0.39, 0.29) is 0 Å². The van der Waals surface area contributed by atoms with Crippen molar-refractivity contribution in [1.82, 2.24) is 10.3 Å². The summed E-state index contributed by atoms with van der Waals surface area (Å²) in [6.07, 6.45) is 0. The summed E-state index contributed by atoms with van der Waals surface area (Å²) in [4.78, 5) is 5.79. The zero-order valence-electron chi connectivity index (χ0n) is 9.16. The van der Waals surface area contributed by atoms with Gasteiger partial charge in [-0.3, -0.25) is 0 Å². The fourth-order valence-electron chi connectivity index (χ4n) is 1.47. The Bertz CT molecular complexity index is 464. The molecule has 2 aromatic rings. The van der Waals surface area contributed by atoms with Gasteiger partial charge in [-0.2, -0.15) is 0 Å². The number of likely N-dealkylation sites (N-methyl/N-ethyl adjacent to an activating group) is 1. The van der Waals surface area contributed by atoms with Crippen molar-refractivity contribution in [3.8, 4) is 10.6 Å². The van der Waals surface area contributed by atoms with E-state index in [0.29, 0.717) is 5.92 Å². The second-order valence-corrected chi connectivity index (χ2v) is 6.24. The van der Waals surface area contributed by atoms with Gasteiger partial charge in [0, 0.05) is 17.8 Å². The summed E-state index contributed by atoms with van der Waals surface area (Å²) in [7, 11) is 1.96. The maximum Gasteiger partial charge on any atom is 0.0973 e. The van der Waals surface area contributed by atoms with Crippen molar-refractivity contribution in [3.63, 3.8) is 0 Å². The lowest BCUT2D eigenvalue weighted by atomic mass is 10.2. The first-order valence-electron chi connectivity index (χ1n) is 5.06. The normalized spacial score (nSPS) is 12.9. The van der Waals surface area contributed by atoms with Gasteiger partial charge < -0.3 is 5.32 Å². The lowest BCUT2D eigenvalue weighted by Gasteiger charge is -2.05. The van der Waals surface area contributed by atoms with Gasteiger partial charge in [0.25, 0.3) is 0 Å². The van der Waals surface area contributed by atoms with Gasteiger partial charge in [-0.15, -0.1) is 22.7 Å². The number of nitrogens with zero attached hydrogens (tertiary/aromatic N) is 1. The van der Waals surface area contributed by atoms with Crippen LogP contribution in [0.4, 0.5) is 0 Å². The van der Waals surface area contributed by atoms with Gasteiger partial charge in [0.15, 0.2) is 0 Å². The molecule has 2 heterocycles. The highest BCUT2D eigenvalue weighted by molar-refractivity contribution is 7.19. The predicted octanol–water partition coefficient (Wildman–Crippen LogP) is 3.85. The highest BCUT2D eigenvalue weighted by atomic mass is 35.5. The maximum atomic E-state index is 5.91. The number of nitrogens with one attached hydrogen (secondary N) is 1. The van der Waals surface area contributed by atoms with Crippen molar-refractivity contribution in [2.45, 2.75) is 12.8 Å². The van der Waals surface area contributed by atoms with Gasteiger partial charge in [0.1, 0.15) is 0 Å². The second-order valence-electron chi connectivity index (χ2n) is 3.63. The standard InChI is InChI=1S/C11H13ClN2S2/c1-7(5-13-2)11-14-8(6-15-11)9-3-4-10(12)16-9/h3-4,6-7,13H,5H2,1-2H3. The summed E-state index contributed by atoms with van der Waals surface area (Å²) in [5.74, 6) is 0.458. The Labute approximate surface area is 108 Å². The summed E-state index contributed by atoms with van der Waals surface area (Å²) in [5.41, 5.74) is 1.04. The summed E-state index contributed by atoms with van der Waals surface area (Å²) in [6, 6.07) is 3.94. The van der Waals surface area contributed by atoms with E-state index in [2.05, 4.69) is 22.6 Å². The van der Waals surface area contributed by atoms with Gasteiger partial charge in [0.05, 0.1) is 19.9 Å². The topological polar surface area (TPSA) is 24.9 Å². The first-order valence-corrected chi connectivity index (χ1v) is 7.14. The van der Waals surface area contributed by atoms with E-state index in [1.807, 2.05) is 19.2 Å². The summed E-state index contributed by atoms with van der Waals surface area (Å²) in [6.45, 7) is 3.14. The average molecular weight is 273 g/mol. The summed E-state index contributed by atoms with van der Waals surface area (Å²) in [5, 5.41) is 6.44. The molecular weight excluding hydrogens is 260 g/mol. The van der Waals surface area contributed by atoms with Crippen molar-refractivity contribution in [3.05, 3.63) is 26.9 Å². The lowest BCUT2D eigenvalue weighted by molar-refractivity contribution is 0.674. The number of rotatable bonds is 4. The molecule has 86 valence electrons. The molecule has 2 aromatic heterocycles. The molecule has 5 heteroatoms. The summed E-state index contributed by atoms with van der Waals surface area (Å²) >= 11 is 9.20. The quantitative estimate of drug-likeness (QED) is 0.915. The Morgan fingerprint density at radius 1 is 1.50 bits per heavy atom. The van der Waals surface area contributed by atoms with E-state index in [1.165, 1.54) is 5.01 Å². The minimum atomic E-state index is 0.458. The summed E-state index contributed by atoms with van der Waals surface area (Å²) < 4.78 is 0.813. The molecule has 1 unspecified atom stereocenters. The molecule has 0 aromatic carbocycles. The van der Waals surface area contributed by atoms with Crippen molar-refractivity contribution >= 4 is 34.3 Å². The van der Waals surface area contributed by atoms with Crippen molar-refractivity contribution in [2.24, 2.45) is 0 Å². The maximum absolute atomic E-state index is 5.91. The van der Waals surface area contributed by atoms with Gasteiger partial charge in [-0.05, 0) is 19.2 Å². The van der Waals surface area contributed by atoms with Gasteiger partial charge in [-0.25, -0.2) is 4.98 Å². The highest BCUT2D eigenvalue weighted by Crippen LogP contribution is 2.32. The molecule has 0 saturated heterocycles. The third kappa shape index (κ3) is 2.63. The van der Waals surface area contributed by atoms with Crippen LogP contribution in [0.2, 0.25) is 4.34 Å². The fraction of sp³-hybridized carbons (Fsp3) is 0.364. The number of thiazole rings is 1. The molecule has 0 amide bonds. The minimum Gasteiger partial charge on any atom is -0.319 e. The largest absolute Gasteiger partial charge is 0.319 e. The molecule has 0 bridgehead atoms. The number of aromatic nitrogens is 1. The van der Waals surface area contributed by atoms with Crippen molar-refractivity contribution in [1.29, 1.82) is 0 Å². The Hall–Kier alpha value is -0.420. The molecule has 1 atom stereocenters. The monoisotopic (exact) mass is 272 g/mol. The predicted molar refractivity (Wildman–Crippen MR) is 72.8 cm³/mol. The van der Waals surface area contributed by atoms with Crippen molar-refractivity contribution < 1.29 is 0 Å². The molecule has 0 saturated carbocycles. The van der Waals surface area contributed by atoms with Crippen LogP contribution in [0.3, 0.4) is 0 Å². The Kier molecular flexibility index (Phi) is 3.97. The second kappa shape index (κ2) is 5.27. The fourth-order valence-corrected chi connectivity index (χ4v) is 3.43. The first-order chi connectivity index (χ1) is 7.70. The molecule has 0 radical (unpaired) electrons. The molecule has 2 nitrogen and oxygen atoms in total. The molecule has 1 N–H and O–H groups in total. The molecule has 0 fully saturated rings. The third-order valence-electron chi connectivity index (χ3n) is 2.28. The average Bonchev–Trinajstić information content (AvgIpc) is 2.85. The molecule has 0 spiro atoms. The van der Waals surface area contributed by atoms with E-state index in [1.54, 1.807) is 22.7 Å². The van der Waals surface area contributed by atoms with Crippen LogP contribution in [0.5, 0.6) is 0 Å². The van der Waals surface area contributed by atoms with Crippen LogP contribution in [-0.2, 0) is 0 Å². The van der Waals surface area contributed by atoms with E-state index in [0.717, 1.165) is 21.5 Å². The van der Waals surface area contributed by atoms with Crippen molar-refractivity contribution in [2.75, 3.05) is 13.6 Å². The van der Waals surface area contributed by atoms with Crippen LogP contribution >= 0.6 is 34.3 Å². The SMILES string of the molecule is CNCC(C)c1nc(-c2ccc(Cl)s2)cs1. The Balaban J connectivity index is 2.19. The van der Waals surface area contributed by atoms with E-state index in [9.17, 15) is 0 Å². The molecule has 2 rings (SSSR count). The molecule has 0 aliphatic carbocycles. The number of hydrogen-bond acceptors (Lipinski definition) is 4. The van der Waals surface area contributed by atoms with Crippen LogP contribution < -0.4 is 5.32 Å². The Morgan fingerprint density at radius 3 is 2.94 bits per heavy atom. The zero-order chi connectivity index (χ0) is 11.5. The van der Waals surface area contributed by atoms with Crippen LogP contribution in [0, 0.1) is 0 Å².